The molecule has 20 nitrogen and oxygen atoms in total. The van der Waals surface area contributed by atoms with Crippen LogP contribution in [0.5, 0.6) is 0 Å². The van der Waals surface area contributed by atoms with Crippen LogP contribution in [-0.4, -0.2) is 169 Å². The Balaban J connectivity index is 0. The molecule has 66 heavy (non-hydrogen) atoms. The van der Waals surface area contributed by atoms with Crippen LogP contribution in [-0.2, 0) is 75.9 Å². The molecule has 0 aliphatic rings. The minimum atomic E-state index is -0.450. The Labute approximate surface area is 393 Å². The van der Waals surface area contributed by atoms with Gasteiger partial charge in [-0.15, -0.1) is 0 Å². The van der Waals surface area contributed by atoms with Crippen molar-refractivity contribution in [2.45, 2.75) is 77.0 Å². The summed E-state index contributed by atoms with van der Waals surface area (Å²) in [5, 5.41) is 5.40. The first-order valence-electron chi connectivity index (χ1n) is 22.9. The van der Waals surface area contributed by atoms with Gasteiger partial charge in [-0.3, -0.25) is 9.59 Å². The van der Waals surface area contributed by atoms with Gasteiger partial charge in [-0.05, 0) is 25.7 Å². The average Bonchev–Trinajstić information content (AvgIpc) is 3.31. The Hall–Kier alpha value is -4.60. The molecule has 0 aromatic carbocycles. The highest BCUT2D eigenvalue weighted by atomic mass is 16.6. The zero-order chi connectivity index (χ0) is 48.5. The summed E-state index contributed by atoms with van der Waals surface area (Å²) < 4.78 is 71.4. The minimum Gasteiger partial charge on any atom is -0.499 e. The van der Waals surface area contributed by atoms with Crippen molar-refractivity contribution < 1.29 is 85.5 Å². The molecule has 0 rings (SSSR count). The topological polar surface area (TPSA) is 222 Å². The Morgan fingerprint density at radius 3 is 0.848 bits per heavy atom. The number of rotatable bonds is 50. The maximum atomic E-state index is 11.7. The molecule has 2 amide bonds. The van der Waals surface area contributed by atoms with Gasteiger partial charge in [0, 0.05) is 25.9 Å². The van der Waals surface area contributed by atoms with Gasteiger partial charge >= 0.3 is 24.1 Å². The van der Waals surface area contributed by atoms with Crippen LogP contribution in [0.25, 0.3) is 0 Å². The maximum absolute atomic E-state index is 11.7. The largest absolute Gasteiger partial charge is 0.499 e. The first-order chi connectivity index (χ1) is 32.4. The van der Waals surface area contributed by atoms with Crippen molar-refractivity contribution in [1.29, 1.82) is 0 Å². The van der Waals surface area contributed by atoms with E-state index >= 15 is 0 Å². The van der Waals surface area contributed by atoms with Crippen LogP contribution in [0, 0.1) is 0 Å². The molecule has 0 aliphatic carbocycles. The smallest absolute Gasteiger partial charge is 0.407 e. The first kappa shape index (κ1) is 63.5. The number of carbonyl (C=O) groups excluding carboxylic acids is 4. The molecule has 0 fully saturated rings. The molecule has 2 N–H and O–H groups in total. The van der Waals surface area contributed by atoms with Gasteiger partial charge in [-0.1, -0.05) is 64.8 Å². The van der Waals surface area contributed by atoms with Gasteiger partial charge < -0.3 is 76.9 Å². The van der Waals surface area contributed by atoms with Gasteiger partial charge in [0.15, 0.2) is 0 Å². The second kappa shape index (κ2) is 56.5. The van der Waals surface area contributed by atoms with E-state index in [9.17, 15) is 19.2 Å². The summed E-state index contributed by atoms with van der Waals surface area (Å²) in [6.45, 7) is 22.5. The second-order valence-corrected chi connectivity index (χ2v) is 13.4. The normalized spacial score (nSPS) is 10.3. The molecule has 0 aliphatic heterocycles. The van der Waals surface area contributed by atoms with Crippen LogP contribution in [0.2, 0.25) is 0 Å². The lowest BCUT2D eigenvalue weighted by atomic mass is 10.1. The molecule has 0 spiro atoms. The van der Waals surface area contributed by atoms with E-state index in [4.69, 9.17) is 66.3 Å². The summed E-state index contributed by atoms with van der Waals surface area (Å²) in [5.41, 5.74) is 0. The van der Waals surface area contributed by atoms with E-state index in [2.05, 4.69) is 36.9 Å². The van der Waals surface area contributed by atoms with Crippen LogP contribution in [0.15, 0.2) is 51.4 Å². The molecule has 0 bridgehead atoms. The Kier molecular flexibility index (Phi) is 54.4. The number of ether oxygens (including phenoxy) is 14. The van der Waals surface area contributed by atoms with E-state index < -0.39 is 12.2 Å². The number of esters is 2. The molecule has 0 unspecified atom stereocenters. The van der Waals surface area contributed by atoms with E-state index in [-0.39, 0.29) is 38.4 Å². The molecule has 0 radical (unpaired) electrons. The molecule has 20 heteroatoms. The zero-order valence-corrected chi connectivity index (χ0v) is 39.5. The monoisotopic (exact) mass is 951 g/mol. The van der Waals surface area contributed by atoms with Crippen molar-refractivity contribution in [3.63, 3.8) is 0 Å². The number of carbonyl (C=O) groups is 4. The molecule has 0 aromatic rings. The van der Waals surface area contributed by atoms with Gasteiger partial charge in [0.2, 0.25) is 0 Å². The van der Waals surface area contributed by atoms with E-state index in [0.29, 0.717) is 132 Å². The van der Waals surface area contributed by atoms with Crippen LogP contribution >= 0.6 is 0 Å². The third-order valence-corrected chi connectivity index (χ3v) is 8.15. The summed E-state index contributed by atoms with van der Waals surface area (Å²) in [4.78, 5) is 46.3. The number of alkyl carbamates (subject to hydrolysis) is 2. The fourth-order valence-corrected chi connectivity index (χ4v) is 4.90. The molecule has 384 valence electrons. The van der Waals surface area contributed by atoms with Crippen LogP contribution in [0.3, 0.4) is 0 Å². The maximum Gasteiger partial charge on any atom is 0.407 e. The van der Waals surface area contributed by atoms with Gasteiger partial charge in [-0.25, -0.2) is 9.59 Å². The van der Waals surface area contributed by atoms with Crippen LogP contribution in [0.4, 0.5) is 9.59 Å². The average molecular weight is 951 g/mol. The fourth-order valence-electron chi connectivity index (χ4n) is 4.90. The number of nitrogens with one attached hydrogen (secondary N) is 2. The van der Waals surface area contributed by atoms with Crippen molar-refractivity contribution in [2.75, 3.05) is 145 Å². The highest BCUT2D eigenvalue weighted by Gasteiger charge is 2.06. The third-order valence-electron chi connectivity index (χ3n) is 8.15. The van der Waals surface area contributed by atoms with E-state index in [1.807, 2.05) is 0 Å². The summed E-state index contributed by atoms with van der Waals surface area (Å²) in [7, 11) is 0. The molecule has 0 atom stereocenters. The Morgan fingerprint density at radius 2 is 0.545 bits per heavy atom. The van der Waals surface area contributed by atoms with E-state index in [1.165, 1.54) is 25.0 Å². The molecule has 0 saturated heterocycles. The lowest BCUT2D eigenvalue weighted by Crippen LogP contribution is -2.26. The van der Waals surface area contributed by atoms with Crippen LogP contribution in [0.1, 0.15) is 77.0 Å². The number of hydrogen-bond acceptors (Lipinski definition) is 18. The minimum absolute atomic E-state index is 0.189. The lowest BCUT2D eigenvalue weighted by Gasteiger charge is -2.08. The van der Waals surface area contributed by atoms with E-state index in [1.54, 1.807) is 0 Å². The SMILES string of the molecule is C=COCCOCCOC(=O)CCCCCCCNC(=O)OCCOCCOC=C.C=COCCOCCOCCOC(=O)CCCCCCCNC(=O)OCCOCCOCCOC=C. The van der Waals surface area contributed by atoms with Gasteiger partial charge in [0.05, 0.1) is 104 Å². The standard InChI is InChI=1S/C25H45NO10.C21H37NO8/c1-3-29-12-14-31-16-18-33-20-22-35-24(27)10-8-6-5-7-9-11-26-25(28)36-23-21-34-19-17-32-15-13-30-4-2;1-3-25-12-14-27-16-18-29-20(23)10-8-6-5-7-9-11-22-21(24)30-19-17-28-15-13-26-4-2/h3-4H,1-2,5-23H2,(H,26,28);3-4H,1-2,5-19H2,(H,22,24). The third kappa shape index (κ3) is 57.4. The van der Waals surface area contributed by atoms with Crippen LogP contribution < -0.4 is 10.6 Å². The Morgan fingerprint density at radius 1 is 0.303 bits per heavy atom. The van der Waals surface area contributed by atoms with Crippen molar-refractivity contribution in [3.8, 4) is 0 Å². The summed E-state index contributed by atoms with van der Waals surface area (Å²) in [5.74, 6) is -0.418. The van der Waals surface area contributed by atoms with Gasteiger partial charge in [-0.2, -0.15) is 0 Å². The predicted octanol–water partition coefficient (Wildman–Crippen LogP) is 5.93. The lowest BCUT2D eigenvalue weighted by molar-refractivity contribution is -0.146. The number of hydrogen-bond donors (Lipinski definition) is 2. The van der Waals surface area contributed by atoms with Crippen molar-refractivity contribution in [1.82, 2.24) is 10.6 Å². The van der Waals surface area contributed by atoms with Crippen molar-refractivity contribution in [3.05, 3.63) is 51.4 Å². The number of amides is 2. The quantitative estimate of drug-likeness (QED) is 0.0312. The second-order valence-electron chi connectivity index (χ2n) is 13.4. The van der Waals surface area contributed by atoms with E-state index in [0.717, 1.165) is 64.2 Å². The predicted molar refractivity (Wildman–Crippen MR) is 246 cm³/mol. The molecular formula is C46H82N2O18. The Bertz CT molecular complexity index is 1060. The summed E-state index contributed by atoms with van der Waals surface area (Å²) in [6, 6.07) is 0. The summed E-state index contributed by atoms with van der Waals surface area (Å²) >= 11 is 0. The van der Waals surface area contributed by atoms with Crippen molar-refractivity contribution >= 4 is 24.1 Å². The molecule has 0 heterocycles. The molecule has 0 aromatic heterocycles. The zero-order valence-electron chi connectivity index (χ0n) is 39.5. The number of unbranched alkanes of at least 4 members (excludes halogenated alkanes) is 8. The van der Waals surface area contributed by atoms with Gasteiger partial charge in [0.25, 0.3) is 0 Å². The fraction of sp³-hybridized carbons (Fsp3) is 0.739. The highest BCUT2D eigenvalue weighted by molar-refractivity contribution is 5.69. The molecular weight excluding hydrogens is 869 g/mol. The highest BCUT2D eigenvalue weighted by Crippen LogP contribution is 2.07. The van der Waals surface area contributed by atoms with Crippen molar-refractivity contribution in [2.24, 2.45) is 0 Å². The summed E-state index contributed by atoms with van der Waals surface area (Å²) in [6.07, 6.45) is 14.5. The first-order valence-corrected chi connectivity index (χ1v) is 22.9. The molecule has 0 saturated carbocycles. The van der Waals surface area contributed by atoms with Gasteiger partial charge in [0.1, 0.15) is 52.9 Å².